The quantitative estimate of drug-likeness (QED) is 0.673. The third-order valence-electron chi connectivity index (χ3n) is 8.16. The largest absolute Gasteiger partial charge is 0.321 e. The van der Waals surface area contributed by atoms with Crippen LogP contribution in [0.4, 0.5) is 4.79 Å². The topological polar surface area (TPSA) is 43.9 Å². The molecule has 1 saturated heterocycles. The molecule has 1 spiro atoms. The van der Waals surface area contributed by atoms with Crippen molar-refractivity contribution >= 4 is 11.8 Å². The summed E-state index contributed by atoms with van der Waals surface area (Å²) in [7, 11) is 4.37. The molecule has 2 amide bonds. The minimum absolute atomic E-state index is 0.0182. The van der Waals surface area contributed by atoms with E-state index in [4.69, 9.17) is 0 Å². The molecule has 30 heavy (non-hydrogen) atoms. The van der Waals surface area contributed by atoms with Crippen LogP contribution in [-0.4, -0.2) is 65.8 Å². The molecule has 1 aliphatic heterocycles. The zero-order valence-corrected chi connectivity index (χ0v) is 18.9. The molecule has 2 saturated carbocycles. The number of amides is 2. The van der Waals surface area contributed by atoms with Gasteiger partial charge in [0.25, 0.3) is 0 Å². The molecule has 3 aliphatic rings. The molecule has 0 bridgehead atoms. The van der Waals surface area contributed by atoms with Crippen molar-refractivity contribution < 1.29 is 9.59 Å². The van der Waals surface area contributed by atoms with Crippen LogP contribution in [0.2, 0.25) is 0 Å². The molecule has 2 aliphatic carbocycles. The highest BCUT2D eigenvalue weighted by molar-refractivity contribution is 5.87. The number of urea groups is 1. The van der Waals surface area contributed by atoms with E-state index >= 15 is 0 Å². The average molecular weight is 412 g/mol. The Morgan fingerprint density at radius 3 is 2.30 bits per heavy atom. The first kappa shape index (κ1) is 21.4. The number of rotatable bonds is 7. The normalized spacial score (nSPS) is 29.7. The predicted molar refractivity (Wildman–Crippen MR) is 119 cm³/mol. The minimum Gasteiger partial charge on any atom is -0.317 e. The third-order valence-corrected chi connectivity index (χ3v) is 8.16. The maximum absolute atomic E-state index is 13.4. The van der Waals surface area contributed by atoms with Crippen molar-refractivity contribution in [3.05, 3.63) is 35.9 Å². The van der Waals surface area contributed by atoms with E-state index in [1.165, 1.54) is 24.8 Å². The molecule has 4 rings (SSSR count). The van der Waals surface area contributed by atoms with Gasteiger partial charge in [-0.25, -0.2) is 4.79 Å². The average Bonchev–Trinajstić information content (AvgIpc) is 2.96. The lowest BCUT2D eigenvalue weighted by Gasteiger charge is -2.51. The second kappa shape index (κ2) is 8.33. The molecule has 0 unspecified atom stereocenters. The fraction of sp³-hybridized carbons (Fsp3) is 0.680. The van der Waals surface area contributed by atoms with Gasteiger partial charge in [0.15, 0.2) is 5.78 Å². The van der Waals surface area contributed by atoms with Crippen molar-refractivity contribution in [2.24, 2.45) is 5.92 Å². The second-order valence-corrected chi connectivity index (χ2v) is 9.95. The molecule has 1 heterocycles. The first-order chi connectivity index (χ1) is 14.4. The fourth-order valence-electron chi connectivity index (χ4n) is 5.83. The maximum Gasteiger partial charge on any atom is 0.321 e. The van der Waals surface area contributed by atoms with E-state index in [2.05, 4.69) is 54.2 Å². The summed E-state index contributed by atoms with van der Waals surface area (Å²) < 4.78 is 0. The number of carbonyl (C=O) groups excluding carboxylic acids is 2. The highest BCUT2D eigenvalue weighted by Gasteiger charge is 2.55. The van der Waals surface area contributed by atoms with Crippen molar-refractivity contribution in [2.75, 3.05) is 33.7 Å². The van der Waals surface area contributed by atoms with Gasteiger partial charge in [-0.15, -0.1) is 0 Å². The van der Waals surface area contributed by atoms with Crippen LogP contribution in [0.3, 0.4) is 0 Å². The molecule has 0 N–H and O–H groups in total. The zero-order valence-electron chi connectivity index (χ0n) is 18.9. The lowest BCUT2D eigenvalue weighted by atomic mass is 9.68. The second-order valence-electron chi connectivity index (χ2n) is 9.95. The monoisotopic (exact) mass is 411 g/mol. The van der Waals surface area contributed by atoms with Crippen molar-refractivity contribution in [1.29, 1.82) is 0 Å². The molecular formula is C25H37N3O2. The van der Waals surface area contributed by atoms with Gasteiger partial charge < -0.3 is 9.80 Å². The molecule has 1 aromatic carbocycles. The number of carbonyl (C=O) groups is 2. The Bertz CT molecular complexity index is 764. The number of Topliss-reactive ketones (excluding diaryl/α,β-unsaturated/α-hetero) is 1. The summed E-state index contributed by atoms with van der Waals surface area (Å²) in [6.45, 7) is 3.74. The number of benzene rings is 1. The van der Waals surface area contributed by atoms with Gasteiger partial charge in [0.05, 0.1) is 12.1 Å². The molecule has 164 valence electrons. The Hall–Kier alpha value is -1.88. The Kier molecular flexibility index (Phi) is 5.93. The summed E-state index contributed by atoms with van der Waals surface area (Å²) in [6, 6.07) is 10.9. The van der Waals surface area contributed by atoms with Crippen LogP contribution in [-0.2, 0) is 10.3 Å². The lowest BCUT2D eigenvalue weighted by molar-refractivity contribution is -0.119. The summed E-state index contributed by atoms with van der Waals surface area (Å²) in [5.41, 5.74) is 1.28. The van der Waals surface area contributed by atoms with Crippen LogP contribution >= 0.6 is 0 Å². The molecule has 0 aromatic heterocycles. The maximum atomic E-state index is 13.4. The van der Waals surface area contributed by atoms with Gasteiger partial charge in [-0.1, -0.05) is 43.7 Å². The SMILES string of the molecule is CCC(=O)CN1CC2(CCC(c3ccccc3)(N(C)C)CC2)N(CC2CCC2)C1=O. The van der Waals surface area contributed by atoms with Gasteiger partial charge in [0, 0.05) is 25.0 Å². The van der Waals surface area contributed by atoms with Gasteiger partial charge in [-0.3, -0.25) is 9.69 Å². The lowest BCUT2D eigenvalue weighted by Crippen LogP contribution is -2.56. The van der Waals surface area contributed by atoms with Crippen LogP contribution in [0.25, 0.3) is 0 Å². The summed E-state index contributed by atoms with van der Waals surface area (Å²) >= 11 is 0. The third kappa shape index (κ3) is 3.66. The predicted octanol–water partition coefficient (Wildman–Crippen LogP) is 4.27. The Morgan fingerprint density at radius 2 is 1.77 bits per heavy atom. The Labute approximate surface area is 181 Å². The Morgan fingerprint density at radius 1 is 1.10 bits per heavy atom. The molecule has 0 radical (unpaired) electrons. The van der Waals surface area contributed by atoms with Gasteiger partial charge in [-0.05, 0) is 64.1 Å². The van der Waals surface area contributed by atoms with Gasteiger partial charge in [0.2, 0.25) is 0 Å². The van der Waals surface area contributed by atoms with E-state index in [9.17, 15) is 9.59 Å². The standard InChI is InChI=1S/C25H37N3O2/c1-4-22(29)18-27-19-24(28(23(27)30)17-20-9-8-10-20)13-15-25(16-14-24,26(2)3)21-11-6-5-7-12-21/h5-7,11-12,20H,4,8-10,13-19H2,1-3H3. The zero-order chi connectivity index (χ0) is 21.4. The molecule has 5 heteroatoms. The number of hydrogen-bond donors (Lipinski definition) is 0. The van der Waals surface area contributed by atoms with Crippen LogP contribution in [0.5, 0.6) is 0 Å². The van der Waals surface area contributed by atoms with E-state index in [-0.39, 0.29) is 29.4 Å². The highest BCUT2D eigenvalue weighted by atomic mass is 16.2. The first-order valence-electron chi connectivity index (χ1n) is 11.7. The Balaban J connectivity index is 1.58. The molecular weight excluding hydrogens is 374 g/mol. The minimum atomic E-state index is -0.116. The summed E-state index contributed by atoms with van der Waals surface area (Å²) in [5.74, 6) is 0.800. The van der Waals surface area contributed by atoms with Gasteiger partial charge in [0.1, 0.15) is 0 Å². The number of hydrogen-bond acceptors (Lipinski definition) is 3. The number of ketones is 1. The molecule has 5 nitrogen and oxygen atoms in total. The van der Waals surface area contributed by atoms with Gasteiger partial charge >= 0.3 is 6.03 Å². The molecule has 1 aromatic rings. The van der Waals surface area contributed by atoms with Crippen LogP contribution in [0.15, 0.2) is 30.3 Å². The van der Waals surface area contributed by atoms with E-state index in [1.807, 2.05) is 11.8 Å². The number of nitrogens with zero attached hydrogens (tertiary/aromatic N) is 3. The van der Waals surface area contributed by atoms with E-state index in [1.54, 1.807) is 0 Å². The van der Waals surface area contributed by atoms with Crippen molar-refractivity contribution in [3.8, 4) is 0 Å². The first-order valence-corrected chi connectivity index (χ1v) is 11.7. The van der Waals surface area contributed by atoms with E-state index in [0.29, 0.717) is 18.9 Å². The van der Waals surface area contributed by atoms with E-state index < -0.39 is 0 Å². The highest BCUT2D eigenvalue weighted by Crippen LogP contribution is 2.49. The van der Waals surface area contributed by atoms with Crippen molar-refractivity contribution in [2.45, 2.75) is 69.4 Å². The fourth-order valence-corrected chi connectivity index (χ4v) is 5.83. The van der Waals surface area contributed by atoms with Crippen molar-refractivity contribution in [3.63, 3.8) is 0 Å². The summed E-state index contributed by atoms with van der Waals surface area (Å²) in [6.07, 6.45) is 8.32. The summed E-state index contributed by atoms with van der Waals surface area (Å²) in [5, 5.41) is 0. The molecule has 3 fully saturated rings. The van der Waals surface area contributed by atoms with Crippen LogP contribution in [0.1, 0.15) is 63.9 Å². The van der Waals surface area contributed by atoms with Gasteiger partial charge in [-0.2, -0.15) is 0 Å². The van der Waals surface area contributed by atoms with E-state index in [0.717, 1.165) is 32.2 Å². The summed E-state index contributed by atoms with van der Waals surface area (Å²) in [4.78, 5) is 31.9. The van der Waals surface area contributed by atoms with Crippen molar-refractivity contribution in [1.82, 2.24) is 14.7 Å². The van der Waals surface area contributed by atoms with Crippen LogP contribution < -0.4 is 0 Å². The molecule has 0 atom stereocenters. The smallest absolute Gasteiger partial charge is 0.317 e. The van der Waals surface area contributed by atoms with Crippen LogP contribution in [0, 0.1) is 5.92 Å².